The molecule has 2 heterocycles. The Hall–Kier alpha value is -0.870. The average molecular weight is 223 g/mol. The number of aromatic nitrogens is 2. The molecule has 4 heteroatoms. The van der Waals surface area contributed by atoms with Crippen LogP contribution in [-0.4, -0.2) is 21.3 Å². The van der Waals surface area contributed by atoms with E-state index in [1.54, 1.807) is 0 Å². The van der Waals surface area contributed by atoms with Crippen LogP contribution in [0.3, 0.4) is 0 Å². The number of fused-ring (bicyclic) bond motifs is 1. The molecule has 4 nitrogen and oxygen atoms in total. The maximum atomic E-state index is 9.25. The van der Waals surface area contributed by atoms with E-state index in [0.717, 1.165) is 30.2 Å². The molecule has 1 atom stereocenters. The zero-order chi connectivity index (χ0) is 11.7. The number of hydrogen-bond acceptors (Lipinski definition) is 3. The van der Waals surface area contributed by atoms with Crippen molar-refractivity contribution in [2.45, 2.75) is 51.6 Å². The van der Waals surface area contributed by atoms with Gasteiger partial charge in [-0.2, -0.15) is 0 Å². The molecule has 1 unspecified atom stereocenters. The summed E-state index contributed by atoms with van der Waals surface area (Å²) in [4.78, 5) is 4.69. The minimum atomic E-state index is -0.295. The van der Waals surface area contributed by atoms with Gasteiger partial charge in [0.1, 0.15) is 5.82 Å². The summed E-state index contributed by atoms with van der Waals surface area (Å²) in [7, 11) is 0. The number of hydrogen-bond donors (Lipinski definition) is 2. The zero-order valence-electron chi connectivity index (χ0n) is 10.1. The molecule has 0 radical (unpaired) electrons. The van der Waals surface area contributed by atoms with E-state index in [0.29, 0.717) is 5.92 Å². The fraction of sp³-hybridized carbons (Fsp3) is 0.750. The van der Waals surface area contributed by atoms with Crippen LogP contribution in [0.5, 0.6) is 0 Å². The van der Waals surface area contributed by atoms with Crippen molar-refractivity contribution < 1.29 is 5.11 Å². The summed E-state index contributed by atoms with van der Waals surface area (Å²) in [5.41, 5.74) is 8.11. The lowest BCUT2D eigenvalue weighted by Gasteiger charge is -2.19. The van der Waals surface area contributed by atoms with Crippen molar-refractivity contribution >= 4 is 0 Å². The van der Waals surface area contributed by atoms with Gasteiger partial charge in [-0.25, -0.2) is 4.98 Å². The number of nitrogens with two attached hydrogens (primary N) is 1. The van der Waals surface area contributed by atoms with E-state index in [9.17, 15) is 5.11 Å². The summed E-state index contributed by atoms with van der Waals surface area (Å²) in [5.74, 6) is 1.51. The molecule has 3 N–H and O–H groups in total. The fourth-order valence-corrected chi connectivity index (χ4v) is 2.43. The fourth-order valence-electron chi connectivity index (χ4n) is 2.43. The van der Waals surface area contributed by atoms with Gasteiger partial charge in [0.15, 0.2) is 0 Å². The van der Waals surface area contributed by atoms with Crippen molar-refractivity contribution in [1.29, 1.82) is 0 Å². The summed E-state index contributed by atoms with van der Waals surface area (Å²) in [6.45, 7) is 5.24. The summed E-state index contributed by atoms with van der Waals surface area (Å²) in [6, 6.07) is -0.295. The molecule has 0 amide bonds. The molecular formula is C12H21N3O. The zero-order valence-corrected chi connectivity index (χ0v) is 10.1. The molecule has 90 valence electrons. The minimum Gasteiger partial charge on any atom is -0.394 e. The topological polar surface area (TPSA) is 64.1 Å². The number of rotatable bonds is 3. The van der Waals surface area contributed by atoms with Gasteiger partial charge in [-0.3, -0.25) is 0 Å². The second-order valence-corrected chi connectivity index (χ2v) is 4.85. The number of aliphatic hydroxyl groups is 1. The second kappa shape index (κ2) is 4.55. The van der Waals surface area contributed by atoms with Crippen LogP contribution in [0.2, 0.25) is 0 Å². The molecule has 1 aliphatic rings. The van der Waals surface area contributed by atoms with Crippen molar-refractivity contribution in [3.05, 3.63) is 17.2 Å². The first-order valence-corrected chi connectivity index (χ1v) is 6.10. The summed E-state index contributed by atoms with van der Waals surface area (Å²) >= 11 is 0. The smallest absolute Gasteiger partial charge is 0.109 e. The summed E-state index contributed by atoms with van der Waals surface area (Å²) in [5, 5.41) is 9.25. The van der Waals surface area contributed by atoms with E-state index in [-0.39, 0.29) is 12.6 Å². The van der Waals surface area contributed by atoms with Crippen molar-refractivity contribution in [3.63, 3.8) is 0 Å². The Morgan fingerprint density at radius 1 is 1.44 bits per heavy atom. The van der Waals surface area contributed by atoms with Gasteiger partial charge in [-0.05, 0) is 18.8 Å². The lowest BCUT2D eigenvalue weighted by Crippen LogP contribution is -2.23. The highest BCUT2D eigenvalue weighted by Gasteiger charge is 2.24. The minimum absolute atomic E-state index is 0.00907. The van der Waals surface area contributed by atoms with Gasteiger partial charge in [-0.1, -0.05) is 13.8 Å². The van der Waals surface area contributed by atoms with Gasteiger partial charge < -0.3 is 15.4 Å². The van der Waals surface area contributed by atoms with Gasteiger partial charge >= 0.3 is 0 Å². The summed E-state index contributed by atoms with van der Waals surface area (Å²) in [6.07, 6.45) is 3.44. The van der Waals surface area contributed by atoms with Crippen LogP contribution in [0.4, 0.5) is 0 Å². The molecule has 0 saturated carbocycles. The largest absolute Gasteiger partial charge is 0.394 e. The molecule has 0 spiro atoms. The highest BCUT2D eigenvalue weighted by Crippen LogP contribution is 2.28. The van der Waals surface area contributed by atoms with Crippen LogP contribution >= 0.6 is 0 Å². The first-order chi connectivity index (χ1) is 7.65. The molecule has 16 heavy (non-hydrogen) atoms. The molecule has 0 aliphatic carbocycles. The van der Waals surface area contributed by atoms with Gasteiger partial charge in [0, 0.05) is 13.0 Å². The summed E-state index contributed by atoms with van der Waals surface area (Å²) < 4.78 is 2.22. The van der Waals surface area contributed by atoms with Crippen molar-refractivity contribution in [3.8, 4) is 0 Å². The van der Waals surface area contributed by atoms with E-state index in [2.05, 4.69) is 18.4 Å². The predicted octanol–water partition coefficient (Wildman–Crippen LogP) is 1.33. The molecule has 1 aromatic heterocycles. The maximum Gasteiger partial charge on any atom is 0.109 e. The Balaban J connectivity index is 2.48. The van der Waals surface area contributed by atoms with Crippen LogP contribution in [0.1, 0.15) is 55.9 Å². The van der Waals surface area contributed by atoms with E-state index in [4.69, 9.17) is 10.7 Å². The van der Waals surface area contributed by atoms with Crippen LogP contribution in [-0.2, 0) is 13.0 Å². The van der Waals surface area contributed by atoms with E-state index in [1.165, 1.54) is 12.8 Å². The van der Waals surface area contributed by atoms with Gasteiger partial charge in [0.2, 0.25) is 0 Å². The molecule has 1 aliphatic heterocycles. The molecule has 2 rings (SSSR count). The van der Waals surface area contributed by atoms with Crippen LogP contribution in [0.15, 0.2) is 0 Å². The molecule has 0 fully saturated rings. The average Bonchev–Trinajstić information content (AvgIpc) is 2.67. The van der Waals surface area contributed by atoms with E-state index >= 15 is 0 Å². The standard InChI is InChI=1S/C12H21N3O/c1-8(2)11-12(9(13)7-16)15-6-4-3-5-10(15)14-11/h8-9,16H,3-7,13H2,1-2H3. The van der Waals surface area contributed by atoms with Crippen LogP contribution < -0.4 is 5.73 Å². The maximum absolute atomic E-state index is 9.25. The Morgan fingerprint density at radius 3 is 2.81 bits per heavy atom. The molecule has 0 saturated heterocycles. The lowest BCUT2D eigenvalue weighted by molar-refractivity contribution is 0.261. The SMILES string of the molecule is CC(C)c1nc2n(c1C(N)CO)CCCC2. The number of aliphatic hydroxyl groups excluding tert-OH is 1. The molecule has 1 aromatic rings. The van der Waals surface area contributed by atoms with Crippen molar-refractivity contribution in [2.24, 2.45) is 5.73 Å². The Kier molecular flexibility index (Phi) is 3.30. The number of aryl methyl sites for hydroxylation is 1. The van der Waals surface area contributed by atoms with Crippen LogP contribution in [0.25, 0.3) is 0 Å². The first kappa shape index (κ1) is 11.6. The van der Waals surface area contributed by atoms with E-state index < -0.39 is 0 Å². The van der Waals surface area contributed by atoms with Crippen molar-refractivity contribution in [1.82, 2.24) is 9.55 Å². The third kappa shape index (κ3) is 1.87. The third-order valence-electron chi connectivity index (χ3n) is 3.24. The number of nitrogens with zero attached hydrogens (tertiary/aromatic N) is 2. The number of imidazole rings is 1. The van der Waals surface area contributed by atoms with E-state index in [1.807, 2.05) is 0 Å². The first-order valence-electron chi connectivity index (χ1n) is 6.10. The van der Waals surface area contributed by atoms with Gasteiger partial charge in [0.05, 0.1) is 24.0 Å². The van der Waals surface area contributed by atoms with Crippen molar-refractivity contribution in [2.75, 3.05) is 6.61 Å². The predicted molar refractivity (Wildman–Crippen MR) is 63.3 cm³/mol. The third-order valence-corrected chi connectivity index (χ3v) is 3.24. The highest BCUT2D eigenvalue weighted by atomic mass is 16.3. The van der Waals surface area contributed by atoms with Gasteiger partial charge in [-0.15, -0.1) is 0 Å². The van der Waals surface area contributed by atoms with Crippen LogP contribution in [0, 0.1) is 0 Å². The Bertz CT molecular complexity index is 371. The lowest BCUT2D eigenvalue weighted by atomic mass is 10.0. The van der Waals surface area contributed by atoms with Gasteiger partial charge in [0.25, 0.3) is 0 Å². The quantitative estimate of drug-likeness (QED) is 0.812. The molecule has 0 bridgehead atoms. The second-order valence-electron chi connectivity index (χ2n) is 4.85. The normalized spacial score (nSPS) is 17.6. The monoisotopic (exact) mass is 223 g/mol. The Morgan fingerprint density at radius 2 is 2.19 bits per heavy atom. The Labute approximate surface area is 96.5 Å². The highest BCUT2D eigenvalue weighted by molar-refractivity contribution is 5.24. The molecule has 0 aromatic carbocycles. The molecular weight excluding hydrogens is 202 g/mol.